The van der Waals surface area contributed by atoms with E-state index in [4.69, 9.17) is 9.26 Å². The molecule has 0 amide bonds. The van der Waals surface area contributed by atoms with Crippen LogP contribution in [0.2, 0.25) is 0 Å². The SMILES string of the molecule is Cc1ccccc1OCc1noc(C(C)C)n1. The molecule has 2 rings (SSSR count). The molecule has 90 valence electrons. The van der Waals surface area contributed by atoms with E-state index in [1.807, 2.05) is 45.0 Å². The van der Waals surface area contributed by atoms with E-state index in [-0.39, 0.29) is 5.92 Å². The Hall–Kier alpha value is -1.84. The highest BCUT2D eigenvalue weighted by molar-refractivity contribution is 5.31. The van der Waals surface area contributed by atoms with Crippen LogP contribution in [0.3, 0.4) is 0 Å². The number of para-hydroxylation sites is 1. The lowest BCUT2D eigenvalue weighted by atomic mass is 10.2. The number of nitrogens with zero attached hydrogens (tertiary/aromatic N) is 2. The lowest BCUT2D eigenvalue weighted by molar-refractivity contribution is 0.282. The molecule has 0 bridgehead atoms. The highest BCUT2D eigenvalue weighted by Crippen LogP contribution is 2.18. The van der Waals surface area contributed by atoms with Gasteiger partial charge in [0.25, 0.3) is 0 Å². The zero-order valence-corrected chi connectivity index (χ0v) is 10.3. The van der Waals surface area contributed by atoms with Gasteiger partial charge in [-0.1, -0.05) is 37.2 Å². The summed E-state index contributed by atoms with van der Waals surface area (Å²) in [5, 5.41) is 3.87. The first-order valence-corrected chi connectivity index (χ1v) is 5.67. The van der Waals surface area contributed by atoms with E-state index in [0.29, 0.717) is 18.3 Å². The van der Waals surface area contributed by atoms with Gasteiger partial charge in [0, 0.05) is 5.92 Å². The molecule has 4 heteroatoms. The summed E-state index contributed by atoms with van der Waals surface area (Å²) in [5.74, 6) is 2.32. The molecule has 1 aromatic carbocycles. The molecule has 1 heterocycles. The summed E-state index contributed by atoms with van der Waals surface area (Å²) < 4.78 is 10.7. The van der Waals surface area contributed by atoms with Crippen molar-refractivity contribution < 1.29 is 9.26 Å². The predicted molar refractivity (Wildman–Crippen MR) is 63.9 cm³/mol. The maximum Gasteiger partial charge on any atom is 0.229 e. The van der Waals surface area contributed by atoms with Gasteiger partial charge in [-0.25, -0.2) is 0 Å². The first-order valence-electron chi connectivity index (χ1n) is 5.67. The second kappa shape index (κ2) is 4.99. The van der Waals surface area contributed by atoms with Crippen molar-refractivity contribution in [3.8, 4) is 5.75 Å². The molecule has 0 aliphatic rings. The summed E-state index contributed by atoms with van der Waals surface area (Å²) in [6, 6.07) is 7.86. The minimum absolute atomic E-state index is 0.245. The van der Waals surface area contributed by atoms with Gasteiger partial charge in [-0.3, -0.25) is 0 Å². The van der Waals surface area contributed by atoms with Gasteiger partial charge in [0.15, 0.2) is 6.61 Å². The molecule has 0 aliphatic heterocycles. The standard InChI is InChI=1S/C13H16N2O2/c1-9(2)13-14-12(15-17-13)8-16-11-7-5-4-6-10(11)3/h4-7,9H,8H2,1-3H3. The highest BCUT2D eigenvalue weighted by atomic mass is 16.5. The van der Waals surface area contributed by atoms with Crippen LogP contribution in [0.4, 0.5) is 0 Å². The zero-order valence-electron chi connectivity index (χ0n) is 10.3. The molecule has 2 aromatic rings. The number of ether oxygens (including phenoxy) is 1. The largest absolute Gasteiger partial charge is 0.485 e. The van der Waals surface area contributed by atoms with Crippen LogP contribution in [0.25, 0.3) is 0 Å². The maximum absolute atomic E-state index is 5.63. The van der Waals surface area contributed by atoms with Crippen molar-refractivity contribution in [1.82, 2.24) is 10.1 Å². The Morgan fingerprint density at radius 2 is 2.06 bits per heavy atom. The lowest BCUT2D eigenvalue weighted by Crippen LogP contribution is -1.99. The van der Waals surface area contributed by atoms with E-state index in [9.17, 15) is 0 Å². The average Bonchev–Trinajstić information content (AvgIpc) is 2.77. The summed E-state index contributed by atoms with van der Waals surface area (Å²) in [4.78, 5) is 4.25. The quantitative estimate of drug-likeness (QED) is 0.812. The van der Waals surface area contributed by atoms with Crippen LogP contribution in [0, 0.1) is 6.92 Å². The fraction of sp³-hybridized carbons (Fsp3) is 0.385. The van der Waals surface area contributed by atoms with E-state index >= 15 is 0 Å². The van der Waals surface area contributed by atoms with Gasteiger partial charge in [-0.15, -0.1) is 0 Å². The monoisotopic (exact) mass is 232 g/mol. The van der Waals surface area contributed by atoms with Crippen LogP contribution < -0.4 is 4.74 Å². The molecular formula is C13H16N2O2. The van der Waals surface area contributed by atoms with Crippen LogP contribution in [0.1, 0.15) is 37.0 Å². The number of aromatic nitrogens is 2. The topological polar surface area (TPSA) is 48.2 Å². The number of benzene rings is 1. The lowest BCUT2D eigenvalue weighted by Gasteiger charge is -2.05. The van der Waals surface area contributed by atoms with Gasteiger partial charge in [0.05, 0.1) is 0 Å². The predicted octanol–water partition coefficient (Wildman–Crippen LogP) is 3.08. The van der Waals surface area contributed by atoms with Crippen LogP contribution in [0.5, 0.6) is 5.75 Å². The van der Waals surface area contributed by atoms with Crippen molar-refractivity contribution >= 4 is 0 Å². The first-order chi connectivity index (χ1) is 8.16. The second-order valence-electron chi connectivity index (χ2n) is 4.26. The summed E-state index contributed by atoms with van der Waals surface area (Å²) >= 11 is 0. The maximum atomic E-state index is 5.63. The summed E-state index contributed by atoms with van der Waals surface area (Å²) in [6.07, 6.45) is 0. The zero-order chi connectivity index (χ0) is 12.3. The van der Waals surface area contributed by atoms with E-state index in [1.165, 1.54) is 0 Å². The Balaban J connectivity index is 2.00. The fourth-order valence-electron chi connectivity index (χ4n) is 1.42. The van der Waals surface area contributed by atoms with Crippen LogP contribution in [-0.2, 0) is 6.61 Å². The highest BCUT2D eigenvalue weighted by Gasteiger charge is 2.10. The van der Waals surface area contributed by atoms with Crippen LogP contribution >= 0.6 is 0 Å². The second-order valence-corrected chi connectivity index (χ2v) is 4.26. The van der Waals surface area contributed by atoms with Gasteiger partial charge in [-0.05, 0) is 18.6 Å². The minimum Gasteiger partial charge on any atom is -0.485 e. The third kappa shape index (κ3) is 2.84. The van der Waals surface area contributed by atoms with E-state index in [2.05, 4.69) is 10.1 Å². The van der Waals surface area contributed by atoms with Crippen molar-refractivity contribution in [3.05, 3.63) is 41.5 Å². The van der Waals surface area contributed by atoms with Gasteiger partial charge >= 0.3 is 0 Å². The summed E-state index contributed by atoms with van der Waals surface area (Å²) in [7, 11) is 0. The van der Waals surface area contributed by atoms with E-state index < -0.39 is 0 Å². The molecule has 0 radical (unpaired) electrons. The Morgan fingerprint density at radius 3 is 2.71 bits per heavy atom. The molecule has 0 fully saturated rings. The molecular weight excluding hydrogens is 216 g/mol. The van der Waals surface area contributed by atoms with E-state index in [1.54, 1.807) is 0 Å². The van der Waals surface area contributed by atoms with Crippen molar-refractivity contribution in [2.75, 3.05) is 0 Å². The molecule has 0 atom stereocenters. The van der Waals surface area contributed by atoms with Gasteiger partial charge < -0.3 is 9.26 Å². The number of hydrogen-bond acceptors (Lipinski definition) is 4. The first kappa shape index (κ1) is 11.6. The third-order valence-electron chi connectivity index (χ3n) is 2.43. The van der Waals surface area contributed by atoms with Gasteiger partial charge in [0.1, 0.15) is 5.75 Å². The van der Waals surface area contributed by atoms with Crippen LogP contribution in [-0.4, -0.2) is 10.1 Å². The van der Waals surface area contributed by atoms with E-state index in [0.717, 1.165) is 11.3 Å². The normalized spacial score (nSPS) is 10.8. The number of aryl methyl sites for hydroxylation is 1. The summed E-state index contributed by atoms with van der Waals surface area (Å²) in [6.45, 7) is 6.37. The van der Waals surface area contributed by atoms with Crippen LogP contribution in [0.15, 0.2) is 28.8 Å². The molecule has 0 aliphatic carbocycles. The Bertz CT molecular complexity index is 492. The fourth-order valence-corrected chi connectivity index (χ4v) is 1.42. The van der Waals surface area contributed by atoms with Gasteiger partial charge in [-0.2, -0.15) is 4.98 Å². The molecule has 4 nitrogen and oxygen atoms in total. The van der Waals surface area contributed by atoms with Crippen molar-refractivity contribution in [2.24, 2.45) is 0 Å². The smallest absolute Gasteiger partial charge is 0.229 e. The van der Waals surface area contributed by atoms with Crippen molar-refractivity contribution in [1.29, 1.82) is 0 Å². The Kier molecular flexibility index (Phi) is 3.42. The Morgan fingerprint density at radius 1 is 1.29 bits per heavy atom. The summed E-state index contributed by atoms with van der Waals surface area (Å²) in [5.41, 5.74) is 1.10. The number of hydrogen-bond donors (Lipinski definition) is 0. The molecule has 0 unspecified atom stereocenters. The number of rotatable bonds is 4. The van der Waals surface area contributed by atoms with Crippen molar-refractivity contribution in [3.63, 3.8) is 0 Å². The Labute approximate surface area is 101 Å². The van der Waals surface area contributed by atoms with Gasteiger partial charge in [0.2, 0.25) is 11.7 Å². The molecule has 0 saturated carbocycles. The molecule has 0 N–H and O–H groups in total. The molecule has 0 saturated heterocycles. The average molecular weight is 232 g/mol. The minimum atomic E-state index is 0.245. The third-order valence-corrected chi connectivity index (χ3v) is 2.43. The van der Waals surface area contributed by atoms with Crippen molar-refractivity contribution in [2.45, 2.75) is 33.3 Å². The molecule has 0 spiro atoms. The molecule has 17 heavy (non-hydrogen) atoms. The molecule has 1 aromatic heterocycles.